The molecule has 25 heavy (non-hydrogen) atoms. The maximum Gasteiger partial charge on any atom is 0.267 e. The first-order chi connectivity index (χ1) is 12.0. The predicted octanol–water partition coefficient (Wildman–Crippen LogP) is 2.19. The van der Waals surface area contributed by atoms with E-state index < -0.39 is 5.91 Å². The molecule has 0 bridgehead atoms. The van der Waals surface area contributed by atoms with Gasteiger partial charge in [-0.15, -0.1) is 0 Å². The Hall–Kier alpha value is -2.60. The van der Waals surface area contributed by atoms with Gasteiger partial charge in [-0.1, -0.05) is 17.7 Å². The third kappa shape index (κ3) is 4.09. The molecule has 2 amide bonds. The fraction of sp³-hybridized carbons (Fsp3) is 0.278. The fourth-order valence-electron chi connectivity index (χ4n) is 2.93. The van der Waals surface area contributed by atoms with E-state index in [2.05, 4.69) is 9.88 Å². The smallest absolute Gasteiger partial charge is 0.267 e. The monoisotopic (exact) mass is 358 g/mol. The highest BCUT2D eigenvalue weighted by atomic mass is 35.5. The standard InChI is InChI=1S/C18H19ClN4O2/c19-14-4-1-3-13(11-14)18(25)23-8-2-7-22(9-10-23)15-5-6-21-16(12-15)17(20)24/h1,3-6,11-12H,2,7-10H2,(H2,20,24). The average molecular weight is 359 g/mol. The first-order valence-electron chi connectivity index (χ1n) is 8.10. The molecule has 0 spiro atoms. The van der Waals surface area contributed by atoms with Crippen LogP contribution in [0.4, 0.5) is 5.69 Å². The molecule has 1 aliphatic heterocycles. The highest BCUT2D eigenvalue weighted by molar-refractivity contribution is 6.30. The Morgan fingerprint density at radius 3 is 2.68 bits per heavy atom. The minimum absolute atomic E-state index is 0.0168. The molecular formula is C18H19ClN4O2. The zero-order valence-electron chi connectivity index (χ0n) is 13.7. The van der Waals surface area contributed by atoms with E-state index in [-0.39, 0.29) is 11.6 Å². The second-order valence-electron chi connectivity index (χ2n) is 5.91. The highest BCUT2D eigenvalue weighted by Crippen LogP contribution is 2.19. The molecule has 2 N–H and O–H groups in total. The zero-order valence-corrected chi connectivity index (χ0v) is 14.4. The van der Waals surface area contributed by atoms with Gasteiger partial charge in [0, 0.05) is 48.6 Å². The Balaban J connectivity index is 1.71. The number of hydrogen-bond donors (Lipinski definition) is 1. The van der Waals surface area contributed by atoms with E-state index in [1.165, 1.54) is 0 Å². The third-order valence-electron chi connectivity index (χ3n) is 4.22. The Labute approximate surface area is 151 Å². The van der Waals surface area contributed by atoms with Crippen LogP contribution in [0.2, 0.25) is 5.02 Å². The summed E-state index contributed by atoms with van der Waals surface area (Å²) in [4.78, 5) is 31.9. The number of anilines is 1. The van der Waals surface area contributed by atoms with Crippen molar-refractivity contribution in [3.05, 3.63) is 58.9 Å². The van der Waals surface area contributed by atoms with Gasteiger partial charge in [-0.25, -0.2) is 0 Å². The Morgan fingerprint density at radius 1 is 1.08 bits per heavy atom. The van der Waals surface area contributed by atoms with Crippen molar-refractivity contribution < 1.29 is 9.59 Å². The second-order valence-corrected chi connectivity index (χ2v) is 6.34. The van der Waals surface area contributed by atoms with E-state index in [4.69, 9.17) is 17.3 Å². The summed E-state index contributed by atoms with van der Waals surface area (Å²) in [6.45, 7) is 2.74. The van der Waals surface area contributed by atoms with Crippen LogP contribution in [0, 0.1) is 0 Å². The lowest BCUT2D eigenvalue weighted by atomic mass is 10.2. The second kappa shape index (κ2) is 7.53. The minimum atomic E-state index is -0.547. The number of primary amides is 1. The van der Waals surface area contributed by atoms with Crippen molar-refractivity contribution in [1.82, 2.24) is 9.88 Å². The molecule has 0 atom stereocenters. The van der Waals surface area contributed by atoms with Gasteiger partial charge in [0.1, 0.15) is 5.69 Å². The predicted molar refractivity (Wildman–Crippen MR) is 96.9 cm³/mol. The Morgan fingerprint density at radius 2 is 1.92 bits per heavy atom. The summed E-state index contributed by atoms with van der Waals surface area (Å²) in [7, 11) is 0. The normalized spacial score (nSPS) is 14.9. The average Bonchev–Trinajstić information content (AvgIpc) is 2.87. The van der Waals surface area contributed by atoms with Crippen LogP contribution in [0.1, 0.15) is 27.3 Å². The van der Waals surface area contributed by atoms with Crippen molar-refractivity contribution >= 4 is 29.1 Å². The molecule has 1 saturated heterocycles. The molecule has 1 aromatic heterocycles. The molecule has 1 fully saturated rings. The van der Waals surface area contributed by atoms with Crippen molar-refractivity contribution in [1.29, 1.82) is 0 Å². The van der Waals surface area contributed by atoms with E-state index in [1.54, 1.807) is 36.5 Å². The van der Waals surface area contributed by atoms with E-state index >= 15 is 0 Å². The van der Waals surface area contributed by atoms with Crippen LogP contribution in [-0.2, 0) is 0 Å². The Bertz CT molecular complexity index is 796. The lowest BCUT2D eigenvalue weighted by Crippen LogP contribution is -2.35. The van der Waals surface area contributed by atoms with Gasteiger partial charge in [-0.2, -0.15) is 0 Å². The maximum atomic E-state index is 12.7. The lowest BCUT2D eigenvalue weighted by molar-refractivity contribution is 0.0767. The first-order valence-corrected chi connectivity index (χ1v) is 8.48. The van der Waals surface area contributed by atoms with Crippen LogP contribution < -0.4 is 10.6 Å². The summed E-state index contributed by atoms with van der Waals surface area (Å²) in [6, 6.07) is 10.5. The lowest BCUT2D eigenvalue weighted by Gasteiger charge is -2.24. The molecule has 1 aliphatic rings. The van der Waals surface area contributed by atoms with E-state index in [1.807, 2.05) is 11.0 Å². The summed E-state index contributed by atoms with van der Waals surface area (Å²) in [5.41, 5.74) is 7.03. The third-order valence-corrected chi connectivity index (χ3v) is 4.45. The summed E-state index contributed by atoms with van der Waals surface area (Å²) >= 11 is 5.98. The molecule has 0 radical (unpaired) electrons. The van der Waals surface area contributed by atoms with Crippen molar-refractivity contribution in [2.45, 2.75) is 6.42 Å². The molecule has 0 unspecified atom stereocenters. The molecule has 2 aromatic rings. The zero-order chi connectivity index (χ0) is 17.8. The molecule has 6 nitrogen and oxygen atoms in total. The van der Waals surface area contributed by atoms with Crippen LogP contribution in [0.5, 0.6) is 0 Å². The fourth-order valence-corrected chi connectivity index (χ4v) is 3.12. The number of nitrogens with two attached hydrogens (primary N) is 1. The van der Waals surface area contributed by atoms with E-state index in [0.29, 0.717) is 30.2 Å². The molecule has 7 heteroatoms. The number of hydrogen-bond acceptors (Lipinski definition) is 4. The van der Waals surface area contributed by atoms with Crippen molar-refractivity contribution in [3.8, 4) is 0 Å². The molecule has 130 valence electrons. The number of nitrogens with zero attached hydrogens (tertiary/aromatic N) is 3. The summed E-state index contributed by atoms with van der Waals surface area (Å²) < 4.78 is 0. The van der Waals surface area contributed by atoms with E-state index in [0.717, 1.165) is 18.7 Å². The number of carbonyl (C=O) groups is 2. The van der Waals surface area contributed by atoms with Crippen LogP contribution in [0.15, 0.2) is 42.6 Å². The van der Waals surface area contributed by atoms with Crippen molar-refractivity contribution in [3.63, 3.8) is 0 Å². The number of rotatable bonds is 3. The number of aromatic nitrogens is 1. The molecule has 1 aromatic carbocycles. The Kier molecular flexibility index (Phi) is 5.19. The molecule has 0 aliphatic carbocycles. The number of amides is 2. The number of benzene rings is 1. The van der Waals surface area contributed by atoms with Gasteiger partial charge >= 0.3 is 0 Å². The molecular weight excluding hydrogens is 340 g/mol. The van der Waals surface area contributed by atoms with Gasteiger partial charge in [-0.05, 0) is 36.8 Å². The van der Waals surface area contributed by atoms with Crippen LogP contribution in [-0.4, -0.2) is 47.9 Å². The SMILES string of the molecule is NC(=O)c1cc(N2CCCN(C(=O)c3cccc(Cl)c3)CC2)ccn1. The minimum Gasteiger partial charge on any atom is -0.370 e. The van der Waals surface area contributed by atoms with Gasteiger partial charge in [-0.3, -0.25) is 14.6 Å². The van der Waals surface area contributed by atoms with Crippen LogP contribution in [0.3, 0.4) is 0 Å². The largest absolute Gasteiger partial charge is 0.370 e. The van der Waals surface area contributed by atoms with Gasteiger partial charge in [0.25, 0.3) is 11.8 Å². The quantitative estimate of drug-likeness (QED) is 0.912. The number of halogens is 1. The molecule has 2 heterocycles. The summed E-state index contributed by atoms with van der Waals surface area (Å²) in [5.74, 6) is -0.564. The van der Waals surface area contributed by atoms with Gasteiger partial charge in [0.15, 0.2) is 0 Å². The van der Waals surface area contributed by atoms with Crippen molar-refractivity contribution in [2.75, 3.05) is 31.1 Å². The summed E-state index contributed by atoms with van der Waals surface area (Å²) in [6.07, 6.45) is 2.41. The van der Waals surface area contributed by atoms with E-state index in [9.17, 15) is 9.59 Å². The molecule has 0 saturated carbocycles. The van der Waals surface area contributed by atoms with Gasteiger partial charge in [0.05, 0.1) is 0 Å². The topological polar surface area (TPSA) is 79.5 Å². The maximum absolute atomic E-state index is 12.7. The number of pyridine rings is 1. The van der Waals surface area contributed by atoms with Crippen LogP contribution >= 0.6 is 11.6 Å². The highest BCUT2D eigenvalue weighted by Gasteiger charge is 2.21. The van der Waals surface area contributed by atoms with Gasteiger partial charge < -0.3 is 15.5 Å². The number of carbonyl (C=O) groups excluding carboxylic acids is 2. The molecule has 3 rings (SSSR count). The summed E-state index contributed by atoms with van der Waals surface area (Å²) in [5, 5.41) is 0.554. The van der Waals surface area contributed by atoms with Crippen molar-refractivity contribution in [2.24, 2.45) is 5.73 Å². The van der Waals surface area contributed by atoms with Crippen LogP contribution in [0.25, 0.3) is 0 Å². The van der Waals surface area contributed by atoms with Gasteiger partial charge in [0.2, 0.25) is 0 Å². The first kappa shape index (κ1) is 17.2.